The summed E-state index contributed by atoms with van der Waals surface area (Å²) >= 11 is 0. The molecule has 2 aromatic rings. The van der Waals surface area contributed by atoms with Crippen molar-refractivity contribution < 1.29 is 38.4 Å². The molecule has 2 heterocycles. The Bertz CT molecular complexity index is 1560. The maximum atomic E-state index is 14.5. The van der Waals surface area contributed by atoms with Crippen molar-refractivity contribution >= 4 is 35.3 Å². The van der Waals surface area contributed by atoms with E-state index in [1.54, 1.807) is 39.8 Å². The number of nitro benzene ring substituents is 1. The number of benzene rings is 2. The summed E-state index contributed by atoms with van der Waals surface area (Å²) in [4.78, 5) is 81.7. The number of rotatable bonds is 9. The van der Waals surface area contributed by atoms with Crippen molar-refractivity contribution in [2.24, 2.45) is 5.92 Å². The minimum Gasteiger partial charge on any atom is -0.463 e. The number of esters is 2. The van der Waals surface area contributed by atoms with Gasteiger partial charge in [-0.1, -0.05) is 38.1 Å². The van der Waals surface area contributed by atoms with Gasteiger partial charge < -0.3 is 9.47 Å². The molecule has 0 fully saturated rings. The van der Waals surface area contributed by atoms with Crippen LogP contribution in [0, 0.1) is 16.0 Å². The molecule has 4 rings (SSSR count). The molecule has 0 radical (unpaired) electrons. The first kappa shape index (κ1) is 31.8. The fraction of sp³-hybridized carbons (Fsp3) is 0.344. The van der Waals surface area contributed by atoms with Crippen LogP contribution in [0.25, 0.3) is 0 Å². The van der Waals surface area contributed by atoms with Gasteiger partial charge in [0.1, 0.15) is 6.04 Å². The van der Waals surface area contributed by atoms with E-state index in [1.807, 2.05) is 0 Å². The van der Waals surface area contributed by atoms with Crippen LogP contribution in [-0.2, 0) is 23.9 Å². The van der Waals surface area contributed by atoms with Crippen LogP contribution < -0.4 is 0 Å². The number of nitro groups is 1. The van der Waals surface area contributed by atoms with Gasteiger partial charge in [0.2, 0.25) is 0 Å². The molecule has 3 amide bonds. The number of carbonyl (C=O) groups excluding carboxylic acids is 5. The molecule has 2 aliphatic heterocycles. The summed E-state index contributed by atoms with van der Waals surface area (Å²) < 4.78 is 10.7. The third kappa shape index (κ3) is 5.38. The number of hydrogen-bond donors (Lipinski definition) is 0. The number of fused-ring (bicyclic) bond motifs is 1. The molecular weight excluding hydrogens is 570 g/mol. The minimum absolute atomic E-state index is 0.0354. The summed E-state index contributed by atoms with van der Waals surface area (Å²) in [6.07, 6.45) is 0. The first-order valence-electron chi connectivity index (χ1n) is 14.2. The fourth-order valence-electron chi connectivity index (χ4n) is 5.77. The zero-order valence-electron chi connectivity index (χ0n) is 25.3. The standard InChI is InChI=1S/C32H33N3O9/c1-7-43-31(39)24-18(5)33(30(38)27(17(3)4)34-28(36)22-14-9-10-15-23(22)29(34)37)19(6)25(32(40)44-8-2)26(24)20-12-11-13-21(16-20)35(41)42/h9-17,26-27H,7-8H2,1-6H3. The van der Waals surface area contributed by atoms with Crippen molar-refractivity contribution in [1.29, 1.82) is 0 Å². The lowest BCUT2D eigenvalue weighted by Crippen LogP contribution is -2.54. The number of amides is 3. The normalized spacial score (nSPS) is 16.0. The van der Waals surface area contributed by atoms with Crippen molar-refractivity contribution in [2.45, 2.75) is 53.5 Å². The van der Waals surface area contributed by atoms with Gasteiger partial charge in [0, 0.05) is 23.5 Å². The van der Waals surface area contributed by atoms with Crippen molar-refractivity contribution in [2.75, 3.05) is 13.2 Å². The Labute approximate surface area is 254 Å². The van der Waals surface area contributed by atoms with Crippen LogP contribution in [0.3, 0.4) is 0 Å². The van der Waals surface area contributed by atoms with E-state index < -0.39 is 52.5 Å². The van der Waals surface area contributed by atoms with Crippen LogP contribution in [0.15, 0.2) is 71.1 Å². The Morgan fingerprint density at radius 1 is 0.864 bits per heavy atom. The highest BCUT2D eigenvalue weighted by Crippen LogP contribution is 2.44. The molecule has 12 nitrogen and oxygen atoms in total. The second kappa shape index (κ2) is 12.6. The SMILES string of the molecule is CCOC(=O)C1=C(C)N(C(=O)C(C(C)C)N2C(=O)c3ccccc3C2=O)C(C)=C(C(=O)OCC)C1c1cccc([N+](=O)[O-])c1. The molecule has 0 aliphatic carbocycles. The zero-order chi connectivity index (χ0) is 32.5. The molecule has 12 heteroatoms. The molecule has 230 valence electrons. The number of non-ortho nitro benzene ring substituents is 1. The average molecular weight is 604 g/mol. The highest BCUT2D eigenvalue weighted by atomic mass is 16.6. The van der Waals surface area contributed by atoms with Gasteiger partial charge in [-0.2, -0.15) is 0 Å². The summed E-state index contributed by atoms with van der Waals surface area (Å²) in [7, 11) is 0. The molecule has 0 spiro atoms. The van der Waals surface area contributed by atoms with E-state index in [0.717, 1.165) is 9.80 Å². The van der Waals surface area contributed by atoms with Crippen LogP contribution in [0.1, 0.15) is 73.7 Å². The summed E-state index contributed by atoms with van der Waals surface area (Å²) in [6, 6.07) is 10.4. The van der Waals surface area contributed by atoms with Crippen molar-refractivity contribution in [3.8, 4) is 0 Å². The van der Waals surface area contributed by atoms with Crippen molar-refractivity contribution in [3.05, 3.63) is 97.9 Å². The second-order valence-electron chi connectivity index (χ2n) is 10.6. The fourth-order valence-corrected chi connectivity index (χ4v) is 5.77. The van der Waals surface area contributed by atoms with Crippen LogP contribution in [0.5, 0.6) is 0 Å². The molecule has 1 unspecified atom stereocenters. The third-order valence-electron chi connectivity index (χ3n) is 7.64. The highest BCUT2D eigenvalue weighted by molar-refractivity contribution is 6.23. The minimum atomic E-state index is -1.31. The molecule has 0 bridgehead atoms. The molecule has 0 saturated heterocycles. The summed E-state index contributed by atoms with van der Waals surface area (Å²) in [6.45, 7) is 9.44. The second-order valence-corrected chi connectivity index (χ2v) is 10.6. The topological polar surface area (TPSA) is 153 Å². The molecule has 2 aromatic carbocycles. The highest BCUT2D eigenvalue weighted by Gasteiger charge is 2.49. The van der Waals surface area contributed by atoms with Gasteiger partial charge in [-0.25, -0.2) is 9.59 Å². The lowest BCUT2D eigenvalue weighted by molar-refractivity contribution is -0.384. The monoisotopic (exact) mass is 603 g/mol. The van der Waals surface area contributed by atoms with Crippen LogP contribution >= 0.6 is 0 Å². The Morgan fingerprint density at radius 3 is 1.80 bits per heavy atom. The maximum Gasteiger partial charge on any atom is 0.336 e. The van der Waals surface area contributed by atoms with E-state index in [-0.39, 0.29) is 58.1 Å². The predicted molar refractivity (Wildman–Crippen MR) is 157 cm³/mol. The smallest absolute Gasteiger partial charge is 0.336 e. The lowest BCUT2D eigenvalue weighted by atomic mass is 9.79. The summed E-state index contributed by atoms with van der Waals surface area (Å²) in [5, 5.41) is 11.6. The van der Waals surface area contributed by atoms with E-state index in [2.05, 4.69) is 0 Å². The number of hydrogen-bond acceptors (Lipinski definition) is 9. The van der Waals surface area contributed by atoms with Crippen molar-refractivity contribution in [1.82, 2.24) is 9.80 Å². The van der Waals surface area contributed by atoms with Crippen LogP contribution in [0.4, 0.5) is 5.69 Å². The summed E-state index contributed by atoms with van der Waals surface area (Å²) in [5.41, 5.74) is 0.234. The van der Waals surface area contributed by atoms with Gasteiger partial charge in [0.25, 0.3) is 23.4 Å². The molecular formula is C32H33N3O9. The first-order chi connectivity index (χ1) is 20.9. The van der Waals surface area contributed by atoms with Gasteiger partial charge in [-0.05, 0) is 51.3 Å². The quantitative estimate of drug-likeness (QED) is 0.174. The average Bonchev–Trinajstić information content (AvgIpc) is 3.22. The van der Waals surface area contributed by atoms with Crippen molar-refractivity contribution in [3.63, 3.8) is 0 Å². The van der Waals surface area contributed by atoms with Crippen LogP contribution in [0.2, 0.25) is 0 Å². The lowest BCUT2D eigenvalue weighted by Gasteiger charge is -2.40. The van der Waals surface area contributed by atoms with E-state index in [1.165, 1.54) is 50.2 Å². The molecule has 0 N–H and O–H groups in total. The Hall–Kier alpha value is -5.13. The van der Waals surface area contributed by atoms with Gasteiger partial charge >= 0.3 is 11.9 Å². The Kier molecular flexibility index (Phi) is 9.12. The number of ether oxygens (including phenoxy) is 2. The van der Waals surface area contributed by atoms with Crippen LogP contribution in [-0.4, -0.2) is 63.6 Å². The van der Waals surface area contributed by atoms with Gasteiger partial charge in [-0.15, -0.1) is 0 Å². The zero-order valence-corrected chi connectivity index (χ0v) is 25.3. The van der Waals surface area contributed by atoms with Gasteiger partial charge in [0.15, 0.2) is 0 Å². The molecule has 1 atom stereocenters. The number of nitrogens with zero attached hydrogens (tertiary/aromatic N) is 3. The summed E-state index contributed by atoms with van der Waals surface area (Å²) in [5.74, 6) is -5.46. The largest absolute Gasteiger partial charge is 0.463 e. The number of allylic oxidation sites excluding steroid dienone is 2. The van der Waals surface area contributed by atoms with Gasteiger partial charge in [-0.3, -0.25) is 34.3 Å². The first-order valence-corrected chi connectivity index (χ1v) is 14.2. The van der Waals surface area contributed by atoms with E-state index in [4.69, 9.17) is 9.47 Å². The van der Waals surface area contributed by atoms with E-state index >= 15 is 0 Å². The Morgan fingerprint density at radius 2 is 1.36 bits per heavy atom. The molecule has 44 heavy (non-hydrogen) atoms. The van der Waals surface area contributed by atoms with Gasteiger partial charge in [0.05, 0.1) is 46.3 Å². The number of carbonyl (C=O) groups is 5. The molecule has 2 aliphatic rings. The number of imide groups is 1. The maximum absolute atomic E-state index is 14.5. The Balaban J connectivity index is 1.96. The van der Waals surface area contributed by atoms with E-state index in [9.17, 15) is 34.1 Å². The predicted octanol–water partition coefficient (Wildman–Crippen LogP) is 4.52. The molecule has 0 aromatic heterocycles. The van der Waals surface area contributed by atoms with E-state index in [0.29, 0.717) is 0 Å². The molecule has 0 saturated carbocycles. The third-order valence-corrected chi connectivity index (χ3v) is 7.64.